The molecule has 2 nitrogen and oxygen atoms in total. The largest absolute Gasteiger partial charge is 0.399 e. The summed E-state index contributed by atoms with van der Waals surface area (Å²) in [6, 6.07) is 16.9. The van der Waals surface area contributed by atoms with Crippen molar-refractivity contribution < 1.29 is 0 Å². The lowest BCUT2D eigenvalue weighted by Crippen LogP contribution is -2.28. The van der Waals surface area contributed by atoms with Gasteiger partial charge >= 0.3 is 0 Å². The summed E-state index contributed by atoms with van der Waals surface area (Å²) in [7, 11) is 0. The number of anilines is 1. The summed E-state index contributed by atoms with van der Waals surface area (Å²) in [4.78, 5) is 0. The van der Waals surface area contributed by atoms with Crippen LogP contribution in [0.1, 0.15) is 22.6 Å². The van der Waals surface area contributed by atoms with Crippen molar-refractivity contribution >= 4 is 5.69 Å². The van der Waals surface area contributed by atoms with E-state index in [0.29, 0.717) is 5.92 Å². The Morgan fingerprint density at radius 3 is 2.59 bits per heavy atom. The molecule has 86 valence electrons. The molecular weight excluding hydrogens is 208 g/mol. The van der Waals surface area contributed by atoms with Gasteiger partial charge in [-0.25, -0.2) is 0 Å². The van der Waals surface area contributed by atoms with Gasteiger partial charge in [-0.05, 0) is 28.8 Å². The van der Waals surface area contributed by atoms with Crippen LogP contribution in [0.15, 0.2) is 48.5 Å². The molecular formula is C15H16N2. The Balaban J connectivity index is 2.03. The van der Waals surface area contributed by atoms with Crippen molar-refractivity contribution in [3.63, 3.8) is 0 Å². The zero-order valence-electron chi connectivity index (χ0n) is 9.69. The predicted molar refractivity (Wildman–Crippen MR) is 70.8 cm³/mol. The molecule has 2 aromatic rings. The Labute approximate surface area is 101 Å². The van der Waals surface area contributed by atoms with Gasteiger partial charge in [0.05, 0.1) is 0 Å². The minimum absolute atomic E-state index is 0.445. The van der Waals surface area contributed by atoms with E-state index in [2.05, 4.69) is 41.7 Å². The highest BCUT2D eigenvalue weighted by atomic mass is 14.9. The molecule has 1 unspecified atom stereocenters. The first-order chi connectivity index (χ1) is 8.34. The minimum atomic E-state index is 0.445. The molecule has 1 heterocycles. The second kappa shape index (κ2) is 4.22. The molecule has 2 heteroatoms. The van der Waals surface area contributed by atoms with Gasteiger partial charge in [0, 0.05) is 24.7 Å². The third kappa shape index (κ3) is 1.92. The van der Waals surface area contributed by atoms with Crippen LogP contribution in [-0.4, -0.2) is 6.54 Å². The maximum Gasteiger partial charge on any atom is 0.0314 e. The van der Waals surface area contributed by atoms with E-state index in [9.17, 15) is 0 Å². The number of nitrogen functional groups attached to an aromatic ring is 1. The monoisotopic (exact) mass is 224 g/mol. The Morgan fingerprint density at radius 1 is 1.00 bits per heavy atom. The fraction of sp³-hybridized carbons (Fsp3) is 0.200. The Morgan fingerprint density at radius 2 is 1.76 bits per heavy atom. The molecule has 0 bridgehead atoms. The lowest BCUT2D eigenvalue weighted by molar-refractivity contribution is 0.591. The van der Waals surface area contributed by atoms with Crippen LogP contribution < -0.4 is 11.1 Å². The molecule has 3 N–H and O–H groups in total. The van der Waals surface area contributed by atoms with Crippen LogP contribution in [0.5, 0.6) is 0 Å². The van der Waals surface area contributed by atoms with E-state index in [0.717, 1.165) is 18.8 Å². The Bertz CT molecular complexity index is 517. The summed E-state index contributed by atoms with van der Waals surface area (Å²) in [6.07, 6.45) is 0. The lowest BCUT2D eigenvalue weighted by atomic mass is 9.85. The van der Waals surface area contributed by atoms with Crippen LogP contribution in [0.2, 0.25) is 0 Å². The van der Waals surface area contributed by atoms with Gasteiger partial charge in [-0.15, -0.1) is 0 Å². The molecule has 0 radical (unpaired) electrons. The molecule has 17 heavy (non-hydrogen) atoms. The van der Waals surface area contributed by atoms with Crippen LogP contribution in [-0.2, 0) is 6.54 Å². The van der Waals surface area contributed by atoms with E-state index in [1.807, 2.05) is 12.1 Å². The standard InChI is InChI=1S/C15H16N2/c16-13-7-5-11(6-8-13)15-10-17-9-12-3-1-2-4-14(12)15/h1-8,15,17H,9-10,16H2. The summed E-state index contributed by atoms with van der Waals surface area (Å²) in [5.74, 6) is 0.445. The molecule has 0 amide bonds. The quantitative estimate of drug-likeness (QED) is 0.730. The molecule has 0 aliphatic carbocycles. The fourth-order valence-electron chi connectivity index (χ4n) is 2.52. The minimum Gasteiger partial charge on any atom is -0.399 e. The first-order valence-electron chi connectivity index (χ1n) is 5.98. The maximum atomic E-state index is 5.74. The second-order valence-corrected chi connectivity index (χ2v) is 4.55. The third-order valence-electron chi connectivity index (χ3n) is 3.43. The summed E-state index contributed by atoms with van der Waals surface area (Å²) in [6.45, 7) is 1.97. The van der Waals surface area contributed by atoms with Gasteiger partial charge < -0.3 is 11.1 Å². The smallest absolute Gasteiger partial charge is 0.0314 e. The first kappa shape index (κ1) is 10.4. The van der Waals surface area contributed by atoms with Gasteiger partial charge in [0.2, 0.25) is 0 Å². The van der Waals surface area contributed by atoms with Crippen molar-refractivity contribution in [2.45, 2.75) is 12.5 Å². The van der Waals surface area contributed by atoms with Crippen LogP contribution in [0.3, 0.4) is 0 Å². The SMILES string of the molecule is Nc1ccc(C2CNCc3ccccc32)cc1. The van der Waals surface area contributed by atoms with Gasteiger partial charge in [-0.1, -0.05) is 36.4 Å². The number of nitrogens with two attached hydrogens (primary N) is 1. The number of benzene rings is 2. The number of fused-ring (bicyclic) bond motifs is 1. The van der Waals surface area contributed by atoms with Gasteiger partial charge in [0.1, 0.15) is 0 Å². The Kier molecular flexibility index (Phi) is 2.57. The van der Waals surface area contributed by atoms with Gasteiger partial charge in [0.25, 0.3) is 0 Å². The third-order valence-corrected chi connectivity index (χ3v) is 3.43. The summed E-state index contributed by atoms with van der Waals surface area (Å²) < 4.78 is 0. The Hall–Kier alpha value is -1.80. The van der Waals surface area contributed by atoms with Crippen molar-refractivity contribution in [2.24, 2.45) is 0 Å². The van der Waals surface area contributed by atoms with Crippen molar-refractivity contribution in [2.75, 3.05) is 12.3 Å². The van der Waals surface area contributed by atoms with Gasteiger partial charge in [-0.3, -0.25) is 0 Å². The average molecular weight is 224 g/mol. The number of hydrogen-bond acceptors (Lipinski definition) is 2. The molecule has 1 aliphatic rings. The highest BCUT2D eigenvalue weighted by Gasteiger charge is 2.20. The second-order valence-electron chi connectivity index (χ2n) is 4.55. The lowest BCUT2D eigenvalue weighted by Gasteiger charge is -2.26. The van der Waals surface area contributed by atoms with E-state index < -0.39 is 0 Å². The number of hydrogen-bond donors (Lipinski definition) is 2. The van der Waals surface area contributed by atoms with Crippen LogP contribution >= 0.6 is 0 Å². The molecule has 0 aromatic heterocycles. The van der Waals surface area contributed by atoms with Crippen molar-refractivity contribution in [1.29, 1.82) is 0 Å². The number of rotatable bonds is 1. The van der Waals surface area contributed by atoms with E-state index in [1.54, 1.807) is 0 Å². The zero-order valence-corrected chi connectivity index (χ0v) is 9.69. The topological polar surface area (TPSA) is 38.0 Å². The molecule has 2 aromatic carbocycles. The number of nitrogens with one attached hydrogen (secondary N) is 1. The molecule has 0 saturated heterocycles. The van der Waals surface area contributed by atoms with Crippen molar-refractivity contribution in [3.8, 4) is 0 Å². The van der Waals surface area contributed by atoms with E-state index in [1.165, 1.54) is 16.7 Å². The molecule has 0 saturated carbocycles. The van der Waals surface area contributed by atoms with Crippen molar-refractivity contribution in [3.05, 3.63) is 65.2 Å². The molecule has 1 atom stereocenters. The van der Waals surface area contributed by atoms with Crippen LogP contribution in [0.25, 0.3) is 0 Å². The molecule has 0 fully saturated rings. The van der Waals surface area contributed by atoms with E-state index in [-0.39, 0.29) is 0 Å². The first-order valence-corrected chi connectivity index (χ1v) is 5.98. The average Bonchev–Trinajstić information content (AvgIpc) is 2.39. The molecule has 0 spiro atoms. The van der Waals surface area contributed by atoms with Crippen molar-refractivity contribution in [1.82, 2.24) is 5.32 Å². The van der Waals surface area contributed by atoms with Gasteiger partial charge in [0.15, 0.2) is 0 Å². The highest BCUT2D eigenvalue weighted by molar-refractivity contribution is 5.45. The van der Waals surface area contributed by atoms with Crippen LogP contribution in [0, 0.1) is 0 Å². The van der Waals surface area contributed by atoms with E-state index in [4.69, 9.17) is 5.73 Å². The van der Waals surface area contributed by atoms with Crippen LogP contribution in [0.4, 0.5) is 5.69 Å². The highest BCUT2D eigenvalue weighted by Crippen LogP contribution is 2.30. The maximum absolute atomic E-state index is 5.74. The summed E-state index contributed by atoms with van der Waals surface area (Å²) >= 11 is 0. The fourth-order valence-corrected chi connectivity index (χ4v) is 2.52. The predicted octanol–water partition coefficient (Wildman–Crippen LogP) is 2.50. The summed E-state index contributed by atoms with van der Waals surface area (Å²) in [5, 5.41) is 3.47. The molecule has 1 aliphatic heterocycles. The normalized spacial score (nSPS) is 18.7. The van der Waals surface area contributed by atoms with Gasteiger partial charge in [-0.2, -0.15) is 0 Å². The zero-order chi connectivity index (χ0) is 11.7. The summed E-state index contributed by atoms with van der Waals surface area (Å²) in [5.41, 5.74) is 10.7. The van der Waals surface area contributed by atoms with E-state index >= 15 is 0 Å². The molecule has 3 rings (SSSR count).